The zero-order chi connectivity index (χ0) is 13.5. The smallest absolute Gasteiger partial charge is 0.193 e. The average molecular weight is 395 g/mol. The van der Waals surface area contributed by atoms with E-state index in [4.69, 9.17) is 4.74 Å². The maximum absolute atomic E-state index is 5.41. The van der Waals surface area contributed by atoms with E-state index in [0.29, 0.717) is 0 Å². The first kappa shape index (κ1) is 18.0. The molecule has 2 rings (SSSR count). The van der Waals surface area contributed by atoms with Gasteiger partial charge in [0, 0.05) is 40.4 Å². The molecule has 0 radical (unpaired) electrons. The van der Waals surface area contributed by atoms with E-state index >= 15 is 0 Å². The molecule has 4 nitrogen and oxygen atoms in total. The molecule has 1 aliphatic carbocycles. The molecule has 0 aromatic rings. The molecule has 0 amide bonds. The van der Waals surface area contributed by atoms with Crippen molar-refractivity contribution in [3.63, 3.8) is 0 Å². The molecule has 0 bridgehead atoms. The van der Waals surface area contributed by atoms with Gasteiger partial charge in [0.2, 0.25) is 0 Å². The predicted octanol–water partition coefficient (Wildman–Crippen LogP) is 2.73. The highest BCUT2D eigenvalue weighted by atomic mass is 127. The Bertz CT molecular complexity index is 289. The van der Waals surface area contributed by atoms with E-state index in [-0.39, 0.29) is 24.0 Å². The first-order chi connectivity index (χ1) is 9.29. The normalized spacial score (nSPS) is 20.4. The average Bonchev–Trinajstić information content (AvgIpc) is 3.26. The van der Waals surface area contributed by atoms with Crippen LogP contribution in [0.15, 0.2) is 4.99 Å². The molecule has 5 heteroatoms. The molecule has 0 aromatic carbocycles. The number of hydrogen-bond acceptors (Lipinski definition) is 2. The van der Waals surface area contributed by atoms with Crippen molar-refractivity contribution in [2.24, 2.45) is 16.8 Å². The number of guanidine groups is 1. The molecule has 0 spiro atoms. The molecule has 1 heterocycles. The Morgan fingerprint density at radius 3 is 2.40 bits per heavy atom. The fourth-order valence-electron chi connectivity index (χ4n) is 2.70. The van der Waals surface area contributed by atoms with Crippen LogP contribution in [0.2, 0.25) is 0 Å². The first-order valence-electron chi connectivity index (χ1n) is 7.79. The van der Waals surface area contributed by atoms with Crippen molar-refractivity contribution in [2.45, 2.75) is 38.5 Å². The minimum Gasteiger partial charge on any atom is -0.381 e. The predicted molar refractivity (Wildman–Crippen MR) is 94.9 cm³/mol. The SMILES string of the molecule is CN=C(NCCC1CC1)N(C)CCC1CCOCC1.I. The van der Waals surface area contributed by atoms with Crippen molar-refractivity contribution in [1.82, 2.24) is 10.2 Å². The minimum absolute atomic E-state index is 0. The highest BCUT2D eigenvalue weighted by Crippen LogP contribution is 2.31. The molecule has 1 N–H and O–H groups in total. The highest BCUT2D eigenvalue weighted by molar-refractivity contribution is 14.0. The van der Waals surface area contributed by atoms with E-state index in [1.807, 2.05) is 7.05 Å². The van der Waals surface area contributed by atoms with Crippen LogP contribution in [0.5, 0.6) is 0 Å². The number of aliphatic imine (C=N–C) groups is 1. The molecule has 1 saturated carbocycles. The number of hydrogen-bond donors (Lipinski definition) is 1. The maximum atomic E-state index is 5.41. The van der Waals surface area contributed by atoms with Gasteiger partial charge in [-0.05, 0) is 37.5 Å². The number of ether oxygens (including phenoxy) is 1. The maximum Gasteiger partial charge on any atom is 0.193 e. The van der Waals surface area contributed by atoms with Gasteiger partial charge in [-0.25, -0.2) is 0 Å². The van der Waals surface area contributed by atoms with Crippen LogP contribution in [-0.4, -0.2) is 51.3 Å². The van der Waals surface area contributed by atoms with Crippen LogP contribution in [0, 0.1) is 11.8 Å². The van der Waals surface area contributed by atoms with Gasteiger partial charge in [0.1, 0.15) is 0 Å². The van der Waals surface area contributed by atoms with Gasteiger partial charge in [-0.1, -0.05) is 12.8 Å². The molecule has 0 atom stereocenters. The zero-order valence-corrected chi connectivity index (χ0v) is 15.3. The molecular weight excluding hydrogens is 365 g/mol. The first-order valence-corrected chi connectivity index (χ1v) is 7.79. The lowest BCUT2D eigenvalue weighted by Gasteiger charge is -2.26. The summed E-state index contributed by atoms with van der Waals surface area (Å²) in [6.45, 7) is 4.05. The van der Waals surface area contributed by atoms with Gasteiger partial charge in [-0.3, -0.25) is 4.99 Å². The van der Waals surface area contributed by atoms with Crippen LogP contribution < -0.4 is 5.32 Å². The Morgan fingerprint density at radius 1 is 1.15 bits per heavy atom. The van der Waals surface area contributed by atoms with Crippen LogP contribution in [0.4, 0.5) is 0 Å². The standard InChI is InChI=1S/C15H29N3O.HI/c1-16-15(17-9-5-13-3-4-13)18(2)10-6-14-7-11-19-12-8-14;/h13-14H,3-12H2,1-2H3,(H,16,17);1H. The van der Waals surface area contributed by atoms with Crippen molar-refractivity contribution >= 4 is 29.9 Å². The van der Waals surface area contributed by atoms with Crippen molar-refractivity contribution in [3.8, 4) is 0 Å². The van der Waals surface area contributed by atoms with Gasteiger partial charge in [-0.2, -0.15) is 0 Å². The molecule has 1 saturated heterocycles. The van der Waals surface area contributed by atoms with Gasteiger partial charge in [0.25, 0.3) is 0 Å². The fourth-order valence-corrected chi connectivity index (χ4v) is 2.70. The second-order valence-electron chi connectivity index (χ2n) is 5.97. The lowest BCUT2D eigenvalue weighted by molar-refractivity contribution is 0.0625. The topological polar surface area (TPSA) is 36.9 Å². The van der Waals surface area contributed by atoms with Crippen molar-refractivity contribution in [2.75, 3.05) is 40.4 Å². The molecule has 0 unspecified atom stereocenters. The second kappa shape index (κ2) is 9.82. The summed E-state index contributed by atoms with van der Waals surface area (Å²) in [5.41, 5.74) is 0. The molecule has 1 aliphatic heterocycles. The third-order valence-electron chi connectivity index (χ3n) is 4.32. The van der Waals surface area contributed by atoms with E-state index in [1.54, 1.807) is 0 Å². The quantitative estimate of drug-likeness (QED) is 0.427. The number of nitrogens with zero attached hydrogens (tertiary/aromatic N) is 2. The molecule has 0 aromatic heterocycles. The van der Waals surface area contributed by atoms with Crippen molar-refractivity contribution in [1.29, 1.82) is 0 Å². The number of rotatable bonds is 6. The minimum atomic E-state index is 0. The van der Waals surface area contributed by atoms with E-state index in [2.05, 4.69) is 22.3 Å². The Balaban J connectivity index is 0.00000200. The molecular formula is C15H30IN3O. The van der Waals surface area contributed by atoms with Crippen LogP contribution in [0.3, 0.4) is 0 Å². The van der Waals surface area contributed by atoms with Gasteiger partial charge in [-0.15, -0.1) is 24.0 Å². The summed E-state index contributed by atoms with van der Waals surface area (Å²) in [5, 5.41) is 3.48. The van der Waals surface area contributed by atoms with E-state index in [1.165, 1.54) is 38.5 Å². The Hall–Kier alpha value is -0.0400. The number of halogens is 1. The van der Waals surface area contributed by atoms with E-state index in [9.17, 15) is 0 Å². The lowest BCUT2D eigenvalue weighted by Crippen LogP contribution is -2.40. The van der Waals surface area contributed by atoms with Crippen LogP contribution in [-0.2, 0) is 4.74 Å². The third kappa shape index (κ3) is 6.61. The monoisotopic (exact) mass is 395 g/mol. The van der Waals surface area contributed by atoms with Crippen LogP contribution >= 0.6 is 24.0 Å². The fraction of sp³-hybridized carbons (Fsp3) is 0.933. The third-order valence-corrected chi connectivity index (χ3v) is 4.32. The van der Waals surface area contributed by atoms with Gasteiger partial charge < -0.3 is 15.0 Å². The van der Waals surface area contributed by atoms with E-state index in [0.717, 1.165) is 44.1 Å². The van der Waals surface area contributed by atoms with Gasteiger partial charge >= 0.3 is 0 Å². The van der Waals surface area contributed by atoms with Crippen LogP contribution in [0.25, 0.3) is 0 Å². The number of nitrogens with one attached hydrogen (secondary N) is 1. The Labute approximate surface area is 140 Å². The molecule has 118 valence electrons. The summed E-state index contributed by atoms with van der Waals surface area (Å²) in [4.78, 5) is 6.64. The zero-order valence-electron chi connectivity index (χ0n) is 12.9. The van der Waals surface area contributed by atoms with Crippen LogP contribution in [0.1, 0.15) is 38.5 Å². The largest absolute Gasteiger partial charge is 0.381 e. The van der Waals surface area contributed by atoms with Gasteiger partial charge in [0.15, 0.2) is 5.96 Å². The summed E-state index contributed by atoms with van der Waals surface area (Å²) in [7, 11) is 4.02. The Kier molecular flexibility index (Phi) is 8.84. The Morgan fingerprint density at radius 2 is 1.80 bits per heavy atom. The lowest BCUT2D eigenvalue weighted by atomic mass is 9.96. The summed E-state index contributed by atoms with van der Waals surface area (Å²) in [5.74, 6) is 2.87. The van der Waals surface area contributed by atoms with Crippen molar-refractivity contribution < 1.29 is 4.74 Å². The van der Waals surface area contributed by atoms with Gasteiger partial charge in [0.05, 0.1) is 0 Å². The van der Waals surface area contributed by atoms with E-state index < -0.39 is 0 Å². The summed E-state index contributed by atoms with van der Waals surface area (Å²) >= 11 is 0. The second-order valence-corrected chi connectivity index (χ2v) is 5.97. The summed E-state index contributed by atoms with van der Waals surface area (Å²) in [6.07, 6.45) is 7.86. The summed E-state index contributed by atoms with van der Waals surface area (Å²) < 4.78 is 5.41. The van der Waals surface area contributed by atoms with Crippen molar-refractivity contribution in [3.05, 3.63) is 0 Å². The molecule has 2 fully saturated rings. The summed E-state index contributed by atoms with van der Waals surface area (Å²) in [6, 6.07) is 0. The molecule has 20 heavy (non-hydrogen) atoms. The highest BCUT2D eigenvalue weighted by Gasteiger charge is 2.20. The molecule has 2 aliphatic rings.